The first-order chi connectivity index (χ1) is 15.2. The van der Waals surface area contributed by atoms with Crippen LogP contribution >= 0.6 is 0 Å². The van der Waals surface area contributed by atoms with Gasteiger partial charge in [-0.05, 0) is 42.0 Å². The fourth-order valence-electron chi connectivity index (χ4n) is 3.97. The number of rotatable bonds is 4. The van der Waals surface area contributed by atoms with Crippen molar-refractivity contribution in [2.24, 2.45) is 0 Å². The van der Waals surface area contributed by atoms with Crippen LogP contribution in [0.25, 0.3) is 16.6 Å². The quantitative estimate of drug-likeness (QED) is 0.495. The number of carbonyl (C=O) groups excluding carboxylic acids is 1. The van der Waals surface area contributed by atoms with Crippen LogP contribution in [0, 0.1) is 11.6 Å². The summed E-state index contributed by atoms with van der Waals surface area (Å²) in [5, 5.41) is 13.5. The lowest BCUT2D eigenvalue weighted by atomic mass is 9.63. The molecule has 5 rings (SSSR count). The molecule has 0 radical (unpaired) electrons. The Morgan fingerprint density at radius 2 is 1.81 bits per heavy atom. The number of benzene rings is 1. The molecule has 1 aromatic carbocycles. The highest BCUT2D eigenvalue weighted by Gasteiger charge is 2.30. The van der Waals surface area contributed by atoms with E-state index in [0.29, 0.717) is 33.6 Å². The second-order valence-corrected chi connectivity index (χ2v) is 8.42. The Morgan fingerprint density at radius 3 is 2.50 bits per heavy atom. The summed E-state index contributed by atoms with van der Waals surface area (Å²) in [5.41, 5.74) is 2.87. The second-order valence-electron chi connectivity index (χ2n) is 8.42. The topological polar surface area (TPSA) is 70.7 Å². The van der Waals surface area contributed by atoms with Gasteiger partial charge in [0.1, 0.15) is 27.3 Å². The lowest BCUT2D eigenvalue weighted by molar-refractivity contribution is 0.0763. The average Bonchev–Trinajstić information content (AvgIpc) is 3.32. The van der Waals surface area contributed by atoms with Crippen LogP contribution in [0.5, 0.6) is 0 Å². The fraction of sp³-hybridized carbons (Fsp3) is 0.136. The molecule has 1 aliphatic rings. The minimum absolute atomic E-state index is 0.174. The van der Waals surface area contributed by atoms with Gasteiger partial charge in [-0.15, -0.1) is 0 Å². The zero-order valence-electron chi connectivity index (χ0n) is 17.5. The molecule has 0 spiro atoms. The Kier molecular flexibility index (Phi) is 4.63. The van der Waals surface area contributed by atoms with Crippen molar-refractivity contribution in [2.45, 2.75) is 18.5 Å². The van der Waals surface area contributed by atoms with Crippen molar-refractivity contribution < 1.29 is 18.7 Å². The van der Waals surface area contributed by atoms with Gasteiger partial charge >= 0.3 is 0 Å². The third kappa shape index (κ3) is 3.36. The first-order valence-corrected chi connectivity index (χ1v) is 10.1. The molecule has 0 aliphatic carbocycles. The number of aromatic nitrogens is 3. The Morgan fingerprint density at radius 1 is 1.09 bits per heavy atom. The predicted molar refractivity (Wildman–Crippen MR) is 119 cm³/mol. The van der Waals surface area contributed by atoms with Crippen molar-refractivity contribution in [1.29, 1.82) is 0 Å². The molecule has 1 N–H and O–H groups in total. The average molecular weight is 430 g/mol. The van der Waals surface area contributed by atoms with Gasteiger partial charge in [0.25, 0.3) is 5.91 Å². The zero-order valence-corrected chi connectivity index (χ0v) is 17.5. The van der Waals surface area contributed by atoms with E-state index in [-0.39, 0.29) is 24.6 Å². The van der Waals surface area contributed by atoms with Gasteiger partial charge in [-0.1, -0.05) is 6.07 Å². The molecular formula is C22H18B2F2N4O2. The molecule has 6 nitrogen and oxygen atoms in total. The molecule has 158 valence electrons. The van der Waals surface area contributed by atoms with Crippen molar-refractivity contribution in [3.05, 3.63) is 89.0 Å². The van der Waals surface area contributed by atoms with Gasteiger partial charge in [-0.25, -0.2) is 13.3 Å². The van der Waals surface area contributed by atoms with E-state index < -0.39 is 17.0 Å². The summed E-state index contributed by atoms with van der Waals surface area (Å²) >= 11 is 0. The molecule has 0 bridgehead atoms. The third-order valence-electron chi connectivity index (χ3n) is 5.68. The summed E-state index contributed by atoms with van der Waals surface area (Å²) < 4.78 is 31.7. The standard InChI is InChI=1S/C22H18B2F2N4O2/c23-22(24,32)20-9-19-13(4-2-6-30(19)28-20)12-7-16(25)15(17(26)8-12)10-29-11-18-14(21(29)31)3-1-5-27-18/h1-9,32H,10-11,23-24H2. The number of amides is 1. The SMILES string of the molecule is BC(B)(O)c1cc2c(-c3cc(F)c(CN4Cc5ncccc5C4=O)c(F)c3)cccn2n1. The summed E-state index contributed by atoms with van der Waals surface area (Å²) in [6.07, 6.45) is 3.30. The number of hydrogen-bond acceptors (Lipinski definition) is 4. The maximum atomic E-state index is 15.0. The molecule has 0 fully saturated rings. The third-order valence-corrected chi connectivity index (χ3v) is 5.68. The summed E-state index contributed by atoms with van der Waals surface area (Å²) in [5.74, 6) is -1.76. The fourth-order valence-corrected chi connectivity index (χ4v) is 3.97. The van der Waals surface area contributed by atoms with Gasteiger partial charge in [-0.3, -0.25) is 9.78 Å². The van der Waals surface area contributed by atoms with E-state index in [9.17, 15) is 9.90 Å². The summed E-state index contributed by atoms with van der Waals surface area (Å²) in [6.45, 7) is 0.0252. The van der Waals surface area contributed by atoms with E-state index in [4.69, 9.17) is 0 Å². The van der Waals surface area contributed by atoms with Gasteiger partial charge in [0, 0.05) is 28.9 Å². The molecule has 10 heteroatoms. The summed E-state index contributed by atoms with van der Waals surface area (Å²) in [7, 11) is 3.24. The van der Waals surface area contributed by atoms with Crippen molar-refractivity contribution in [3.8, 4) is 11.1 Å². The van der Waals surface area contributed by atoms with Crippen LogP contribution in [-0.2, 0) is 18.5 Å². The van der Waals surface area contributed by atoms with Crippen molar-refractivity contribution in [3.63, 3.8) is 0 Å². The summed E-state index contributed by atoms with van der Waals surface area (Å²) in [4.78, 5) is 18.1. The van der Waals surface area contributed by atoms with E-state index in [0.717, 1.165) is 0 Å². The maximum Gasteiger partial charge on any atom is 0.256 e. The Hall–Kier alpha value is -3.52. The van der Waals surface area contributed by atoms with E-state index >= 15 is 8.78 Å². The number of fused-ring (bicyclic) bond motifs is 2. The number of aliphatic hydroxyl groups is 1. The number of halogens is 2. The van der Waals surface area contributed by atoms with E-state index in [2.05, 4.69) is 10.1 Å². The molecule has 1 aliphatic heterocycles. The van der Waals surface area contributed by atoms with Gasteiger partial charge in [-0.2, -0.15) is 5.10 Å². The molecular weight excluding hydrogens is 412 g/mol. The predicted octanol–water partition coefficient (Wildman–Crippen LogP) is 1.20. The minimum Gasteiger partial charge on any atom is -0.402 e. The molecule has 4 aromatic rings. The molecule has 32 heavy (non-hydrogen) atoms. The molecule has 0 unspecified atom stereocenters. The second kappa shape index (κ2) is 7.27. The van der Waals surface area contributed by atoms with Crippen molar-refractivity contribution in [2.75, 3.05) is 0 Å². The molecule has 0 atom stereocenters. The van der Waals surface area contributed by atoms with Gasteiger partial charge < -0.3 is 10.0 Å². The molecule has 3 aromatic heterocycles. The smallest absolute Gasteiger partial charge is 0.256 e. The van der Waals surface area contributed by atoms with Crippen LogP contribution in [0.4, 0.5) is 8.78 Å². The Labute approximate surface area is 184 Å². The lowest BCUT2D eigenvalue weighted by Crippen LogP contribution is -2.26. The molecule has 0 saturated carbocycles. The van der Waals surface area contributed by atoms with Crippen LogP contribution < -0.4 is 0 Å². The highest BCUT2D eigenvalue weighted by Crippen LogP contribution is 2.31. The van der Waals surface area contributed by atoms with Crippen molar-refractivity contribution in [1.82, 2.24) is 19.5 Å². The Bertz CT molecular complexity index is 1360. The van der Waals surface area contributed by atoms with Crippen LogP contribution in [0.3, 0.4) is 0 Å². The minimum atomic E-state index is -1.15. The zero-order chi connectivity index (χ0) is 22.6. The number of nitrogens with zero attached hydrogens (tertiary/aromatic N) is 4. The first-order valence-electron chi connectivity index (χ1n) is 10.1. The van der Waals surface area contributed by atoms with Crippen molar-refractivity contribution >= 4 is 27.1 Å². The normalized spacial score (nSPS) is 13.7. The first kappa shape index (κ1) is 20.4. The highest BCUT2D eigenvalue weighted by molar-refractivity contribution is 6.38. The van der Waals surface area contributed by atoms with Crippen LogP contribution in [-0.4, -0.2) is 46.2 Å². The van der Waals surface area contributed by atoms with Crippen LogP contribution in [0.15, 0.2) is 54.9 Å². The molecule has 0 saturated heterocycles. The number of carbonyl (C=O) groups is 1. The molecule has 4 heterocycles. The van der Waals surface area contributed by atoms with Gasteiger partial charge in [0.2, 0.25) is 0 Å². The lowest BCUT2D eigenvalue weighted by Gasteiger charge is -2.17. The number of pyridine rings is 2. The largest absolute Gasteiger partial charge is 0.402 e. The van der Waals surface area contributed by atoms with E-state index in [1.165, 1.54) is 17.0 Å². The Balaban J connectivity index is 1.50. The van der Waals surface area contributed by atoms with E-state index in [1.54, 1.807) is 62.9 Å². The van der Waals surface area contributed by atoms with E-state index in [1.807, 2.05) is 0 Å². The number of hydrogen-bond donors (Lipinski definition) is 1. The van der Waals surface area contributed by atoms with Crippen LogP contribution in [0.2, 0.25) is 0 Å². The highest BCUT2D eigenvalue weighted by atomic mass is 19.1. The van der Waals surface area contributed by atoms with Gasteiger partial charge in [0.15, 0.2) is 0 Å². The maximum absolute atomic E-state index is 15.0. The monoisotopic (exact) mass is 430 g/mol. The van der Waals surface area contributed by atoms with Gasteiger partial charge in [0.05, 0.1) is 35.6 Å². The summed E-state index contributed by atoms with van der Waals surface area (Å²) in [6, 6.07) is 11.0. The molecule has 1 amide bonds. The van der Waals surface area contributed by atoms with Crippen LogP contribution in [0.1, 0.15) is 27.3 Å².